The predicted molar refractivity (Wildman–Crippen MR) is 101 cm³/mol. The molecule has 0 amide bonds. The second-order valence-electron chi connectivity index (χ2n) is 7.01. The highest BCUT2D eigenvalue weighted by Crippen LogP contribution is 2.40. The van der Waals surface area contributed by atoms with Crippen molar-refractivity contribution in [2.75, 3.05) is 32.6 Å². The highest BCUT2D eigenvalue weighted by Gasteiger charge is 2.23. The number of benzene rings is 1. The maximum Gasteiger partial charge on any atom is 0.162 e. The van der Waals surface area contributed by atoms with Gasteiger partial charge in [0, 0.05) is 28.9 Å². The van der Waals surface area contributed by atoms with E-state index in [0.717, 1.165) is 54.8 Å². The normalized spacial score (nSPS) is 20.2. The Morgan fingerprint density at radius 3 is 2.72 bits per heavy atom. The first kappa shape index (κ1) is 16.5. The van der Waals surface area contributed by atoms with Gasteiger partial charge in [0.25, 0.3) is 0 Å². The van der Waals surface area contributed by atoms with Crippen LogP contribution in [0.5, 0.6) is 11.5 Å². The number of nitrogens with one attached hydrogen (secondary N) is 2. The van der Waals surface area contributed by atoms with Crippen LogP contribution in [0, 0.1) is 0 Å². The number of methoxy groups -OCH3 is 2. The smallest absolute Gasteiger partial charge is 0.162 e. The fraction of sp³-hybridized carbons (Fsp3) is 0.550. The molecule has 25 heavy (non-hydrogen) atoms. The van der Waals surface area contributed by atoms with Crippen molar-refractivity contribution in [2.45, 2.75) is 44.6 Å². The summed E-state index contributed by atoms with van der Waals surface area (Å²) in [6.07, 6.45) is 6.96. The van der Waals surface area contributed by atoms with Crippen LogP contribution in [-0.2, 0) is 12.8 Å². The summed E-state index contributed by atoms with van der Waals surface area (Å²) in [5, 5.41) is 8.52. The van der Waals surface area contributed by atoms with Crippen molar-refractivity contribution in [3.05, 3.63) is 23.4 Å². The minimum atomic E-state index is 0.512. The van der Waals surface area contributed by atoms with Crippen molar-refractivity contribution in [3.8, 4) is 11.5 Å². The molecule has 2 heterocycles. The predicted octanol–water partition coefficient (Wildman–Crippen LogP) is 3.29. The molecule has 1 aromatic carbocycles. The molecule has 2 aliphatic rings. The van der Waals surface area contributed by atoms with Crippen molar-refractivity contribution in [1.29, 1.82) is 0 Å². The summed E-state index contributed by atoms with van der Waals surface area (Å²) >= 11 is 0. The zero-order chi connectivity index (χ0) is 17.2. The molecular formula is C20H27N3O2. The van der Waals surface area contributed by atoms with Gasteiger partial charge in [0.1, 0.15) is 0 Å². The molecule has 0 spiro atoms. The number of rotatable bonds is 4. The summed E-state index contributed by atoms with van der Waals surface area (Å²) in [6, 6.07) is 4.60. The number of aromatic nitrogens is 1. The fourth-order valence-corrected chi connectivity index (χ4v) is 4.12. The number of hydrogen-bond acceptors (Lipinski definition) is 5. The standard InChI is InChI=1S/C20H27N3O2/c1-24-18-11-15-17(12-19(18)25-2)23-16-7-3-6-14(16)20(15)22-13-5-4-9-21-10-8-13/h11-13,21H,3-10H2,1-2H3,(H,22,23)/t13-/m1/s1. The zero-order valence-electron chi connectivity index (χ0n) is 15.2. The lowest BCUT2D eigenvalue weighted by atomic mass is 10.0. The van der Waals surface area contributed by atoms with E-state index in [0.29, 0.717) is 6.04 Å². The Bertz CT molecular complexity index is 767. The van der Waals surface area contributed by atoms with Crippen LogP contribution in [0.15, 0.2) is 12.1 Å². The highest BCUT2D eigenvalue weighted by molar-refractivity contribution is 5.96. The second kappa shape index (κ2) is 7.08. The quantitative estimate of drug-likeness (QED) is 0.894. The molecule has 5 heteroatoms. The van der Waals surface area contributed by atoms with Gasteiger partial charge in [0.15, 0.2) is 11.5 Å². The van der Waals surface area contributed by atoms with Crippen LogP contribution >= 0.6 is 0 Å². The van der Waals surface area contributed by atoms with Gasteiger partial charge >= 0.3 is 0 Å². The number of fused-ring (bicyclic) bond motifs is 2. The van der Waals surface area contributed by atoms with Gasteiger partial charge in [-0.25, -0.2) is 0 Å². The third kappa shape index (κ3) is 3.13. The lowest BCUT2D eigenvalue weighted by Crippen LogP contribution is -2.22. The largest absolute Gasteiger partial charge is 0.493 e. The molecule has 2 N–H and O–H groups in total. The number of pyridine rings is 1. The highest BCUT2D eigenvalue weighted by atomic mass is 16.5. The first-order valence-corrected chi connectivity index (χ1v) is 9.35. The van der Waals surface area contributed by atoms with Crippen LogP contribution in [0.25, 0.3) is 10.9 Å². The van der Waals surface area contributed by atoms with Crippen LogP contribution in [0.3, 0.4) is 0 Å². The van der Waals surface area contributed by atoms with Gasteiger partial charge in [-0.2, -0.15) is 0 Å². The Labute approximate surface area is 149 Å². The number of ether oxygens (including phenoxy) is 2. The maximum absolute atomic E-state index is 5.54. The molecule has 0 saturated carbocycles. The molecule has 1 aliphatic heterocycles. The van der Waals surface area contributed by atoms with Gasteiger partial charge in [0.2, 0.25) is 0 Å². The van der Waals surface area contributed by atoms with Gasteiger partial charge in [-0.3, -0.25) is 4.98 Å². The summed E-state index contributed by atoms with van der Waals surface area (Å²) in [5.41, 5.74) is 4.91. The fourth-order valence-electron chi connectivity index (χ4n) is 4.12. The van der Waals surface area contributed by atoms with Crippen LogP contribution in [-0.4, -0.2) is 38.3 Å². The summed E-state index contributed by atoms with van der Waals surface area (Å²) in [4.78, 5) is 4.92. The van der Waals surface area contributed by atoms with Gasteiger partial charge in [-0.05, 0) is 63.2 Å². The van der Waals surface area contributed by atoms with E-state index in [1.165, 1.54) is 36.2 Å². The Kier molecular flexibility index (Phi) is 4.66. The minimum absolute atomic E-state index is 0.512. The molecule has 2 aromatic rings. The van der Waals surface area contributed by atoms with E-state index in [1.807, 2.05) is 6.07 Å². The summed E-state index contributed by atoms with van der Waals surface area (Å²) in [7, 11) is 3.36. The number of anilines is 1. The van der Waals surface area contributed by atoms with Crippen molar-refractivity contribution >= 4 is 16.6 Å². The van der Waals surface area contributed by atoms with Gasteiger partial charge in [-0.1, -0.05) is 0 Å². The first-order chi connectivity index (χ1) is 12.3. The van der Waals surface area contributed by atoms with E-state index in [9.17, 15) is 0 Å². The molecule has 0 radical (unpaired) electrons. The molecule has 134 valence electrons. The Morgan fingerprint density at radius 2 is 1.88 bits per heavy atom. The zero-order valence-corrected chi connectivity index (χ0v) is 15.2. The third-order valence-corrected chi connectivity index (χ3v) is 5.44. The summed E-state index contributed by atoms with van der Waals surface area (Å²) in [5.74, 6) is 1.50. The molecular weight excluding hydrogens is 314 g/mol. The molecule has 5 nitrogen and oxygen atoms in total. The monoisotopic (exact) mass is 341 g/mol. The maximum atomic E-state index is 5.54. The van der Waals surface area contributed by atoms with Crippen LogP contribution in [0.4, 0.5) is 5.69 Å². The first-order valence-electron chi connectivity index (χ1n) is 9.35. The topological polar surface area (TPSA) is 55.4 Å². The van der Waals surface area contributed by atoms with E-state index in [-0.39, 0.29) is 0 Å². The lowest BCUT2D eigenvalue weighted by Gasteiger charge is -2.22. The molecule has 1 aromatic heterocycles. The van der Waals surface area contributed by atoms with Gasteiger partial charge in [-0.15, -0.1) is 0 Å². The van der Waals surface area contributed by atoms with E-state index in [2.05, 4.69) is 16.7 Å². The van der Waals surface area contributed by atoms with Gasteiger partial charge < -0.3 is 20.1 Å². The van der Waals surface area contributed by atoms with E-state index in [4.69, 9.17) is 14.5 Å². The lowest BCUT2D eigenvalue weighted by molar-refractivity contribution is 0.356. The average molecular weight is 341 g/mol. The second-order valence-corrected chi connectivity index (χ2v) is 7.01. The van der Waals surface area contributed by atoms with Crippen molar-refractivity contribution < 1.29 is 9.47 Å². The molecule has 0 unspecified atom stereocenters. The number of aryl methyl sites for hydroxylation is 1. The van der Waals surface area contributed by atoms with Crippen molar-refractivity contribution in [1.82, 2.24) is 10.3 Å². The molecule has 1 aliphatic carbocycles. The van der Waals surface area contributed by atoms with E-state index >= 15 is 0 Å². The third-order valence-electron chi connectivity index (χ3n) is 5.44. The molecule has 1 atom stereocenters. The number of hydrogen-bond donors (Lipinski definition) is 2. The van der Waals surface area contributed by atoms with Crippen LogP contribution in [0.1, 0.15) is 36.9 Å². The molecule has 4 rings (SSSR count). The average Bonchev–Trinajstić information content (AvgIpc) is 2.95. The Balaban J connectivity index is 1.82. The minimum Gasteiger partial charge on any atom is -0.493 e. The van der Waals surface area contributed by atoms with E-state index in [1.54, 1.807) is 14.2 Å². The molecule has 1 fully saturated rings. The number of nitrogens with zero attached hydrogens (tertiary/aromatic N) is 1. The van der Waals surface area contributed by atoms with Crippen molar-refractivity contribution in [2.24, 2.45) is 0 Å². The Morgan fingerprint density at radius 1 is 1.04 bits per heavy atom. The summed E-state index contributed by atoms with van der Waals surface area (Å²) in [6.45, 7) is 2.21. The SMILES string of the molecule is COc1cc2nc3c(c(N[C@@H]4CCCNCC4)c2cc1OC)CCC3. The van der Waals surface area contributed by atoms with Gasteiger partial charge in [0.05, 0.1) is 19.7 Å². The van der Waals surface area contributed by atoms with Crippen LogP contribution in [0.2, 0.25) is 0 Å². The molecule has 1 saturated heterocycles. The Hall–Kier alpha value is -2.01. The van der Waals surface area contributed by atoms with E-state index < -0.39 is 0 Å². The van der Waals surface area contributed by atoms with Crippen LogP contribution < -0.4 is 20.1 Å². The van der Waals surface area contributed by atoms with Crippen molar-refractivity contribution in [3.63, 3.8) is 0 Å². The molecule has 0 bridgehead atoms. The summed E-state index contributed by atoms with van der Waals surface area (Å²) < 4.78 is 11.0.